The molecule has 1 heterocycles. The standard InChI is InChI=1S/C13H16ClN3O2S/c1-9(10-3-2-4-11(14)5-10)15-6-12(18)8-19-13-7-16-20-17-13/h2-5,7,9,12,15,18H,6,8H2,1H3/t9-,12?/m1/s1. The molecule has 20 heavy (non-hydrogen) atoms. The summed E-state index contributed by atoms with van der Waals surface area (Å²) in [5.41, 5.74) is 1.08. The maximum atomic E-state index is 9.84. The Morgan fingerprint density at radius 1 is 1.50 bits per heavy atom. The lowest BCUT2D eigenvalue weighted by molar-refractivity contribution is 0.102. The summed E-state index contributed by atoms with van der Waals surface area (Å²) in [5, 5.41) is 13.8. The Balaban J connectivity index is 1.73. The number of hydrogen-bond donors (Lipinski definition) is 2. The maximum Gasteiger partial charge on any atom is 0.245 e. The first-order valence-electron chi connectivity index (χ1n) is 6.22. The number of aliphatic hydroxyl groups excluding tert-OH is 1. The van der Waals surface area contributed by atoms with E-state index in [2.05, 4.69) is 14.1 Å². The number of aliphatic hydroxyl groups is 1. The van der Waals surface area contributed by atoms with E-state index in [-0.39, 0.29) is 12.6 Å². The van der Waals surface area contributed by atoms with E-state index in [9.17, 15) is 5.11 Å². The lowest BCUT2D eigenvalue weighted by Crippen LogP contribution is -2.33. The number of halogens is 1. The fourth-order valence-electron chi connectivity index (χ4n) is 1.67. The molecule has 108 valence electrons. The number of hydrogen-bond acceptors (Lipinski definition) is 6. The van der Waals surface area contributed by atoms with Gasteiger partial charge in [-0.1, -0.05) is 23.7 Å². The van der Waals surface area contributed by atoms with E-state index >= 15 is 0 Å². The summed E-state index contributed by atoms with van der Waals surface area (Å²) in [6, 6.07) is 7.74. The molecule has 2 atom stereocenters. The highest BCUT2D eigenvalue weighted by atomic mass is 35.5. The summed E-state index contributed by atoms with van der Waals surface area (Å²) < 4.78 is 13.0. The Kier molecular flexibility index (Phi) is 5.72. The van der Waals surface area contributed by atoms with Crippen molar-refractivity contribution in [2.75, 3.05) is 13.2 Å². The highest BCUT2D eigenvalue weighted by Gasteiger charge is 2.10. The molecule has 2 aromatic rings. The maximum absolute atomic E-state index is 9.84. The van der Waals surface area contributed by atoms with Crippen LogP contribution < -0.4 is 10.1 Å². The van der Waals surface area contributed by atoms with Crippen molar-refractivity contribution in [2.45, 2.75) is 19.1 Å². The van der Waals surface area contributed by atoms with Gasteiger partial charge >= 0.3 is 0 Å². The van der Waals surface area contributed by atoms with Gasteiger partial charge in [0.05, 0.1) is 11.7 Å². The van der Waals surface area contributed by atoms with Crippen LogP contribution in [0.3, 0.4) is 0 Å². The Labute approximate surface area is 126 Å². The minimum atomic E-state index is -0.613. The third kappa shape index (κ3) is 4.72. The van der Waals surface area contributed by atoms with E-state index in [1.54, 1.807) is 0 Å². The van der Waals surface area contributed by atoms with Crippen LogP contribution in [0, 0.1) is 0 Å². The van der Waals surface area contributed by atoms with Crippen LogP contribution in [-0.2, 0) is 0 Å². The van der Waals surface area contributed by atoms with Gasteiger partial charge in [0.15, 0.2) is 0 Å². The summed E-state index contributed by atoms with van der Waals surface area (Å²) in [5.74, 6) is 0.442. The predicted octanol–water partition coefficient (Wildman–Crippen LogP) is 2.28. The minimum absolute atomic E-state index is 0.101. The summed E-state index contributed by atoms with van der Waals surface area (Å²) in [7, 11) is 0. The van der Waals surface area contributed by atoms with Crippen molar-refractivity contribution in [3.05, 3.63) is 41.0 Å². The lowest BCUT2D eigenvalue weighted by Gasteiger charge is -2.17. The molecule has 2 N–H and O–H groups in total. The van der Waals surface area contributed by atoms with Crippen molar-refractivity contribution in [3.8, 4) is 5.88 Å². The zero-order chi connectivity index (χ0) is 14.4. The molecular formula is C13H16ClN3O2S. The zero-order valence-electron chi connectivity index (χ0n) is 11.0. The van der Waals surface area contributed by atoms with E-state index < -0.39 is 6.10 Å². The number of aromatic nitrogens is 2. The van der Waals surface area contributed by atoms with Crippen LogP contribution in [0.25, 0.3) is 0 Å². The van der Waals surface area contributed by atoms with Crippen molar-refractivity contribution in [2.24, 2.45) is 0 Å². The Bertz CT molecular complexity index is 524. The van der Waals surface area contributed by atoms with Crippen molar-refractivity contribution in [3.63, 3.8) is 0 Å². The number of nitrogens with one attached hydrogen (secondary N) is 1. The smallest absolute Gasteiger partial charge is 0.245 e. The fourth-order valence-corrected chi connectivity index (χ4v) is 2.23. The number of nitrogens with zero attached hydrogens (tertiary/aromatic N) is 2. The van der Waals surface area contributed by atoms with Gasteiger partial charge < -0.3 is 15.2 Å². The van der Waals surface area contributed by atoms with Gasteiger partial charge in [0.2, 0.25) is 5.88 Å². The predicted molar refractivity (Wildman–Crippen MR) is 79.3 cm³/mol. The molecule has 0 bridgehead atoms. The van der Waals surface area contributed by atoms with E-state index in [1.165, 1.54) is 6.20 Å². The average Bonchev–Trinajstić information content (AvgIpc) is 2.95. The number of rotatable bonds is 7. The van der Waals surface area contributed by atoms with E-state index in [0.717, 1.165) is 17.3 Å². The van der Waals surface area contributed by atoms with Gasteiger partial charge in [0, 0.05) is 17.6 Å². The van der Waals surface area contributed by atoms with Crippen molar-refractivity contribution in [1.29, 1.82) is 0 Å². The van der Waals surface area contributed by atoms with E-state index in [1.807, 2.05) is 31.2 Å². The van der Waals surface area contributed by atoms with Crippen LogP contribution in [0.4, 0.5) is 0 Å². The first-order chi connectivity index (χ1) is 9.65. The van der Waals surface area contributed by atoms with Gasteiger partial charge in [0.25, 0.3) is 0 Å². The molecule has 0 spiro atoms. The summed E-state index contributed by atoms with van der Waals surface area (Å²) in [6.07, 6.45) is 0.915. The molecule has 0 aliphatic heterocycles. The average molecular weight is 314 g/mol. The van der Waals surface area contributed by atoms with Crippen molar-refractivity contribution in [1.82, 2.24) is 14.1 Å². The molecule has 0 aliphatic rings. The quantitative estimate of drug-likeness (QED) is 0.821. The molecule has 1 aromatic heterocycles. The first kappa shape index (κ1) is 15.2. The van der Waals surface area contributed by atoms with Gasteiger partial charge in [-0.25, -0.2) is 0 Å². The van der Waals surface area contributed by atoms with Crippen LogP contribution in [0.1, 0.15) is 18.5 Å². The molecule has 0 radical (unpaired) electrons. The minimum Gasteiger partial charge on any atom is -0.473 e. The first-order valence-corrected chi connectivity index (χ1v) is 7.33. The highest BCUT2D eigenvalue weighted by molar-refractivity contribution is 6.99. The molecule has 1 unspecified atom stereocenters. The Morgan fingerprint density at radius 3 is 3.05 bits per heavy atom. The second kappa shape index (κ2) is 7.54. The molecule has 0 saturated carbocycles. The topological polar surface area (TPSA) is 67.3 Å². The second-order valence-corrected chi connectivity index (χ2v) is 5.39. The van der Waals surface area contributed by atoms with Crippen LogP contribution in [0.5, 0.6) is 5.88 Å². The van der Waals surface area contributed by atoms with Crippen molar-refractivity contribution < 1.29 is 9.84 Å². The van der Waals surface area contributed by atoms with E-state index in [0.29, 0.717) is 17.4 Å². The summed E-state index contributed by atoms with van der Waals surface area (Å²) >= 11 is 7.02. The molecule has 0 fully saturated rings. The monoisotopic (exact) mass is 313 g/mol. The molecule has 0 saturated heterocycles. The summed E-state index contributed by atoms with van der Waals surface area (Å²) in [4.78, 5) is 0. The van der Waals surface area contributed by atoms with Gasteiger partial charge in [0.1, 0.15) is 18.9 Å². The van der Waals surface area contributed by atoms with Crippen molar-refractivity contribution >= 4 is 23.3 Å². The largest absolute Gasteiger partial charge is 0.473 e. The van der Waals surface area contributed by atoms with Crippen LogP contribution in [0.15, 0.2) is 30.5 Å². The number of ether oxygens (including phenoxy) is 1. The molecule has 0 amide bonds. The van der Waals surface area contributed by atoms with E-state index in [4.69, 9.17) is 16.3 Å². The molecule has 0 aliphatic carbocycles. The van der Waals surface area contributed by atoms with Gasteiger partial charge in [-0.2, -0.15) is 4.37 Å². The van der Waals surface area contributed by atoms with Gasteiger partial charge in [-0.3, -0.25) is 0 Å². The molecule has 1 aromatic carbocycles. The fraction of sp³-hybridized carbons (Fsp3) is 0.385. The highest BCUT2D eigenvalue weighted by Crippen LogP contribution is 2.17. The molecular weight excluding hydrogens is 298 g/mol. The third-order valence-electron chi connectivity index (χ3n) is 2.77. The SMILES string of the molecule is C[C@@H](NCC(O)COc1cnsn1)c1cccc(Cl)c1. The van der Waals surface area contributed by atoms with Crippen LogP contribution in [0.2, 0.25) is 5.02 Å². The lowest BCUT2D eigenvalue weighted by atomic mass is 10.1. The van der Waals surface area contributed by atoms with Gasteiger partial charge in [-0.05, 0) is 24.6 Å². The van der Waals surface area contributed by atoms with Crippen LogP contribution in [-0.4, -0.2) is 33.1 Å². The zero-order valence-corrected chi connectivity index (χ0v) is 12.6. The molecule has 7 heteroatoms. The Morgan fingerprint density at radius 2 is 2.35 bits per heavy atom. The third-order valence-corrected chi connectivity index (χ3v) is 3.47. The van der Waals surface area contributed by atoms with Crippen LogP contribution >= 0.6 is 23.3 Å². The summed E-state index contributed by atoms with van der Waals surface area (Å²) in [6.45, 7) is 2.62. The number of benzene rings is 1. The normalized spacial score (nSPS) is 13.9. The molecule has 5 nitrogen and oxygen atoms in total. The Hall–Kier alpha value is -1.21. The second-order valence-electron chi connectivity index (χ2n) is 4.40. The molecule has 2 rings (SSSR count). The van der Waals surface area contributed by atoms with Gasteiger partial charge in [-0.15, -0.1) is 4.37 Å².